The van der Waals surface area contributed by atoms with Crippen molar-refractivity contribution in [2.45, 2.75) is 52.1 Å². The van der Waals surface area contributed by atoms with E-state index in [0.29, 0.717) is 11.3 Å². The fourth-order valence-corrected chi connectivity index (χ4v) is 1.71. The van der Waals surface area contributed by atoms with Crippen molar-refractivity contribution < 1.29 is 9.53 Å². The topological polar surface area (TPSA) is 39.2 Å². The number of aldehydes is 1. The molecule has 0 spiro atoms. The van der Waals surface area contributed by atoms with Crippen LogP contribution >= 0.6 is 0 Å². The molecule has 1 heterocycles. The van der Waals surface area contributed by atoms with Crippen molar-refractivity contribution in [1.29, 1.82) is 0 Å². The summed E-state index contributed by atoms with van der Waals surface area (Å²) in [7, 11) is 0. The summed E-state index contributed by atoms with van der Waals surface area (Å²) in [6.07, 6.45) is 10.2. The molecule has 0 fully saturated rings. The molecule has 0 bridgehead atoms. The van der Waals surface area contributed by atoms with Crippen LogP contribution in [0, 0.1) is 0 Å². The lowest BCUT2D eigenvalue weighted by Gasteiger charge is -2.14. The molecule has 0 aliphatic carbocycles. The van der Waals surface area contributed by atoms with E-state index in [0.717, 1.165) is 12.7 Å². The van der Waals surface area contributed by atoms with Crippen molar-refractivity contribution >= 4 is 6.29 Å². The highest BCUT2D eigenvalue weighted by Crippen LogP contribution is 2.15. The van der Waals surface area contributed by atoms with Gasteiger partial charge >= 0.3 is 0 Å². The van der Waals surface area contributed by atoms with Crippen molar-refractivity contribution in [3.8, 4) is 5.75 Å². The van der Waals surface area contributed by atoms with Crippen LogP contribution in [0.3, 0.4) is 0 Å². The fraction of sp³-hybridized carbons (Fsp3) is 0.571. The molecule has 1 unspecified atom stereocenters. The van der Waals surface area contributed by atoms with E-state index in [1.165, 1.54) is 31.9 Å². The number of unbranched alkanes of at least 4 members (excludes halogenated alkanes) is 3. The van der Waals surface area contributed by atoms with Gasteiger partial charge in [0.15, 0.2) is 6.29 Å². The number of carbonyl (C=O) groups excluding carboxylic acids is 1. The second-order valence-electron chi connectivity index (χ2n) is 4.35. The summed E-state index contributed by atoms with van der Waals surface area (Å²) < 4.78 is 5.72. The van der Waals surface area contributed by atoms with Crippen LogP contribution in [0.5, 0.6) is 5.75 Å². The minimum atomic E-state index is 0.176. The Morgan fingerprint density at radius 3 is 2.88 bits per heavy atom. The average Bonchev–Trinajstić information content (AvgIpc) is 2.35. The summed E-state index contributed by atoms with van der Waals surface area (Å²) in [5.74, 6) is 0.678. The molecule has 1 aromatic rings. The summed E-state index contributed by atoms with van der Waals surface area (Å²) in [4.78, 5) is 14.6. The third-order valence-electron chi connectivity index (χ3n) is 2.67. The average molecular weight is 235 g/mol. The number of ether oxygens (including phenoxy) is 1. The van der Waals surface area contributed by atoms with E-state index in [9.17, 15) is 4.79 Å². The zero-order valence-corrected chi connectivity index (χ0v) is 10.7. The highest BCUT2D eigenvalue weighted by molar-refractivity contribution is 5.74. The Kier molecular flexibility index (Phi) is 6.30. The summed E-state index contributed by atoms with van der Waals surface area (Å²) >= 11 is 0. The van der Waals surface area contributed by atoms with Gasteiger partial charge in [-0.15, -0.1) is 0 Å². The highest BCUT2D eigenvalue weighted by atomic mass is 16.5. The van der Waals surface area contributed by atoms with Crippen LogP contribution < -0.4 is 4.74 Å². The molecule has 0 radical (unpaired) electrons. The molecular weight excluding hydrogens is 214 g/mol. The molecular formula is C14H21NO2. The van der Waals surface area contributed by atoms with E-state index < -0.39 is 0 Å². The number of hydrogen-bond donors (Lipinski definition) is 0. The Morgan fingerprint density at radius 2 is 2.18 bits per heavy atom. The zero-order chi connectivity index (χ0) is 12.5. The summed E-state index contributed by atoms with van der Waals surface area (Å²) in [6, 6.07) is 1.72. The lowest BCUT2D eigenvalue weighted by molar-refractivity contribution is 0.112. The first-order valence-corrected chi connectivity index (χ1v) is 6.33. The second kappa shape index (κ2) is 7.82. The smallest absolute Gasteiger partial charge is 0.151 e. The molecule has 3 heteroatoms. The van der Waals surface area contributed by atoms with Crippen LogP contribution in [0.4, 0.5) is 0 Å². The molecule has 0 saturated heterocycles. The largest absolute Gasteiger partial charge is 0.489 e. The fourth-order valence-electron chi connectivity index (χ4n) is 1.71. The van der Waals surface area contributed by atoms with E-state index in [1.807, 2.05) is 0 Å². The maximum atomic E-state index is 10.6. The van der Waals surface area contributed by atoms with Gasteiger partial charge in [0, 0.05) is 11.8 Å². The molecule has 1 aromatic heterocycles. The number of aromatic nitrogens is 1. The van der Waals surface area contributed by atoms with Crippen LogP contribution in [-0.2, 0) is 0 Å². The van der Waals surface area contributed by atoms with Gasteiger partial charge in [-0.25, -0.2) is 0 Å². The number of rotatable bonds is 8. The van der Waals surface area contributed by atoms with Crippen LogP contribution in [0.1, 0.15) is 56.3 Å². The van der Waals surface area contributed by atoms with Gasteiger partial charge in [-0.2, -0.15) is 0 Å². The molecule has 0 N–H and O–H groups in total. The minimum absolute atomic E-state index is 0.176. The summed E-state index contributed by atoms with van der Waals surface area (Å²) in [6.45, 7) is 4.26. The van der Waals surface area contributed by atoms with Gasteiger partial charge in [0.2, 0.25) is 0 Å². The van der Waals surface area contributed by atoms with E-state index in [-0.39, 0.29) is 6.10 Å². The van der Waals surface area contributed by atoms with Gasteiger partial charge < -0.3 is 4.74 Å². The first-order valence-electron chi connectivity index (χ1n) is 6.33. The monoisotopic (exact) mass is 235 g/mol. The first kappa shape index (κ1) is 13.7. The third kappa shape index (κ3) is 5.48. The minimum Gasteiger partial charge on any atom is -0.489 e. The molecule has 17 heavy (non-hydrogen) atoms. The number of hydrogen-bond acceptors (Lipinski definition) is 3. The van der Waals surface area contributed by atoms with Gasteiger partial charge in [-0.3, -0.25) is 9.78 Å². The predicted molar refractivity (Wildman–Crippen MR) is 68.5 cm³/mol. The van der Waals surface area contributed by atoms with Gasteiger partial charge in [0.1, 0.15) is 5.75 Å². The SMILES string of the molecule is CCCCCCC(C)Oc1cncc(C=O)c1. The van der Waals surface area contributed by atoms with Gasteiger partial charge in [-0.05, 0) is 25.8 Å². The molecule has 0 aromatic carbocycles. The van der Waals surface area contributed by atoms with Gasteiger partial charge in [0.05, 0.1) is 12.3 Å². The lowest BCUT2D eigenvalue weighted by Crippen LogP contribution is -2.11. The predicted octanol–water partition coefficient (Wildman–Crippen LogP) is 3.63. The molecule has 1 atom stereocenters. The van der Waals surface area contributed by atoms with Crippen molar-refractivity contribution in [3.05, 3.63) is 24.0 Å². The quantitative estimate of drug-likeness (QED) is 0.510. The maximum Gasteiger partial charge on any atom is 0.151 e. The van der Waals surface area contributed by atoms with Crippen LogP contribution in [0.2, 0.25) is 0 Å². The normalized spacial score (nSPS) is 12.1. The summed E-state index contributed by atoms with van der Waals surface area (Å²) in [5.41, 5.74) is 0.556. The molecule has 0 saturated carbocycles. The van der Waals surface area contributed by atoms with E-state index in [1.54, 1.807) is 12.3 Å². The van der Waals surface area contributed by atoms with E-state index >= 15 is 0 Å². The van der Waals surface area contributed by atoms with Crippen molar-refractivity contribution in [1.82, 2.24) is 4.98 Å². The lowest BCUT2D eigenvalue weighted by atomic mass is 10.1. The van der Waals surface area contributed by atoms with Gasteiger partial charge in [0.25, 0.3) is 0 Å². The van der Waals surface area contributed by atoms with E-state index in [4.69, 9.17) is 4.74 Å². The molecule has 3 nitrogen and oxygen atoms in total. The van der Waals surface area contributed by atoms with Crippen LogP contribution in [0.15, 0.2) is 18.5 Å². The Hall–Kier alpha value is -1.38. The molecule has 0 amide bonds. The molecule has 0 aliphatic heterocycles. The zero-order valence-electron chi connectivity index (χ0n) is 10.7. The molecule has 1 rings (SSSR count). The van der Waals surface area contributed by atoms with Crippen molar-refractivity contribution in [2.24, 2.45) is 0 Å². The highest BCUT2D eigenvalue weighted by Gasteiger charge is 2.04. The standard InChI is InChI=1S/C14H21NO2/c1-3-4-5-6-7-12(2)17-14-8-13(11-16)9-15-10-14/h8-12H,3-7H2,1-2H3. The van der Waals surface area contributed by atoms with Crippen LogP contribution in [-0.4, -0.2) is 17.4 Å². The molecule has 94 valence electrons. The van der Waals surface area contributed by atoms with Crippen molar-refractivity contribution in [2.75, 3.05) is 0 Å². The number of nitrogens with zero attached hydrogens (tertiary/aromatic N) is 1. The first-order chi connectivity index (χ1) is 8.26. The Bertz CT molecular complexity index is 339. The van der Waals surface area contributed by atoms with Crippen molar-refractivity contribution in [3.63, 3.8) is 0 Å². The third-order valence-corrected chi connectivity index (χ3v) is 2.67. The molecule has 0 aliphatic rings. The number of carbonyl (C=O) groups is 1. The van der Waals surface area contributed by atoms with E-state index in [2.05, 4.69) is 18.8 Å². The van der Waals surface area contributed by atoms with Gasteiger partial charge in [-0.1, -0.05) is 26.2 Å². The number of pyridine rings is 1. The maximum absolute atomic E-state index is 10.6. The summed E-state index contributed by atoms with van der Waals surface area (Å²) in [5, 5.41) is 0. The second-order valence-corrected chi connectivity index (χ2v) is 4.35. The Labute approximate surface area is 103 Å². The van der Waals surface area contributed by atoms with Crippen LogP contribution in [0.25, 0.3) is 0 Å². The Morgan fingerprint density at radius 1 is 1.35 bits per heavy atom. The Balaban J connectivity index is 2.33.